The molecule has 110 valence electrons. The lowest BCUT2D eigenvalue weighted by molar-refractivity contribution is -0.132. The zero-order valence-corrected chi connectivity index (χ0v) is 12.6. The first-order valence-corrected chi connectivity index (χ1v) is 7.64. The van der Waals surface area contributed by atoms with Gasteiger partial charge in [0.05, 0.1) is 0 Å². The van der Waals surface area contributed by atoms with Gasteiger partial charge in [0.1, 0.15) is 0 Å². The molecule has 1 fully saturated rings. The second-order valence-electron chi connectivity index (χ2n) is 6.51. The van der Waals surface area contributed by atoms with Gasteiger partial charge in [0, 0.05) is 17.6 Å². The van der Waals surface area contributed by atoms with Crippen LogP contribution in [0.25, 0.3) is 0 Å². The third kappa shape index (κ3) is 3.53. The van der Waals surface area contributed by atoms with E-state index in [4.69, 9.17) is 5.73 Å². The Hall–Kier alpha value is -1.51. The van der Waals surface area contributed by atoms with E-state index in [1.165, 1.54) is 12.8 Å². The van der Waals surface area contributed by atoms with Crippen molar-refractivity contribution in [3.8, 4) is 0 Å². The highest BCUT2D eigenvalue weighted by Gasteiger charge is 2.40. The van der Waals surface area contributed by atoms with Gasteiger partial charge in [-0.15, -0.1) is 0 Å². The number of amides is 1. The Morgan fingerprint density at radius 2 is 2.05 bits per heavy atom. The van der Waals surface area contributed by atoms with E-state index in [0.29, 0.717) is 12.5 Å². The summed E-state index contributed by atoms with van der Waals surface area (Å²) in [6.07, 6.45) is 5.43. The molecular weight excluding hydrogens is 248 g/mol. The highest BCUT2D eigenvalue weighted by molar-refractivity contribution is 5.82. The van der Waals surface area contributed by atoms with Crippen LogP contribution in [-0.2, 0) is 11.3 Å². The summed E-state index contributed by atoms with van der Waals surface area (Å²) in [5, 5.41) is 3.12. The first kappa shape index (κ1) is 14.9. The van der Waals surface area contributed by atoms with Gasteiger partial charge in [-0.1, -0.05) is 38.8 Å². The van der Waals surface area contributed by atoms with Crippen molar-refractivity contribution in [2.75, 3.05) is 5.73 Å². The topological polar surface area (TPSA) is 55.1 Å². The number of anilines is 1. The number of rotatable bonds is 5. The highest BCUT2D eigenvalue weighted by atomic mass is 16.2. The number of nitrogens with two attached hydrogens (primary N) is 1. The number of benzene rings is 1. The maximum absolute atomic E-state index is 12.6. The van der Waals surface area contributed by atoms with Crippen molar-refractivity contribution in [3.05, 3.63) is 29.8 Å². The molecule has 0 spiro atoms. The van der Waals surface area contributed by atoms with Gasteiger partial charge >= 0.3 is 0 Å². The van der Waals surface area contributed by atoms with Crippen LogP contribution in [0.1, 0.15) is 51.5 Å². The fourth-order valence-corrected chi connectivity index (χ4v) is 3.43. The van der Waals surface area contributed by atoms with Crippen LogP contribution in [0.2, 0.25) is 0 Å². The van der Waals surface area contributed by atoms with Crippen LogP contribution in [-0.4, -0.2) is 5.91 Å². The number of hydrogen-bond acceptors (Lipinski definition) is 2. The maximum Gasteiger partial charge on any atom is 0.226 e. The Morgan fingerprint density at radius 1 is 1.35 bits per heavy atom. The molecule has 0 atom stereocenters. The maximum atomic E-state index is 12.6. The molecule has 0 aromatic heterocycles. The van der Waals surface area contributed by atoms with Crippen LogP contribution in [0, 0.1) is 11.3 Å². The van der Waals surface area contributed by atoms with Crippen LogP contribution in [0.15, 0.2) is 24.3 Å². The molecule has 1 saturated carbocycles. The van der Waals surface area contributed by atoms with Crippen LogP contribution in [0.4, 0.5) is 5.69 Å². The Morgan fingerprint density at radius 3 is 2.65 bits per heavy atom. The van der Waals surface area contributed by atoms with Gasteiger partial charge in [0.25, 0.3) is 0 Å². The molecule has 1 aliphatic rings. The molecule has 1 aliphatic carbocycles. The quantitative estimate of drug-likeness (QED) is 0.807. The number of nitrogen functional groups attached to an aromatic ring is 1. The van der Waals surface area contributed by atoms with E-state index in [1.807, 2.05) is 24.3 Å². The summed E-state index contributed by atoms with van der Waals surface area (Å²) in [5.41, 5.74) is 7.45. The van der Waals surface area contributed by atoms with E-state index < -0.39 is 0 Å². The smallest absolute Gasteiger partial charge is 0.226 e. The van der Waals surface area contributed by atoms with Crippen LogP contribution >= 0.6 is 0 Å². The molecule has 1 amide bonds. The molecule has 3 nitrogen and oxygen atoms in total. The number of carbonyl (C=O) groups excluding carboxylic acids is 1. The van der Waals surface area contributed by atoms with Gasteiger partial charge in [-0.05, 0) is 42.9 Å². The summed E-state index contributed by atoms with van der Waals surface area (Å²) in [6, 6.07) is 7.71. The summed E-state index contributed by atoms with van der Waals surface area (Å²) in [5.74, 6) is 0.789. The third-order valence-corrected chi connectivity index (χ3v) is 4.25. The normalized spacial score (nSPS) is 17.4. The molecule has 0 radical (unpaired) electrons. The molecule has 0 aliphatic heterocycles. The van der Waals surface area contributed by atoms with Crippen molar-refractivity contribution >= 4 is 11.6 Å². The second-order valence-corrected chi connectivity index (χ2v) is 6.51. The largest absolute Gasteiger partial charge is 0.399 e. The van der Waals surface area contributed by atoms with Crippen molar-refractivity contribution in [1.82, 2.24) is 5.32 Å². The zero-order valence-electron chi connectivity index (χ0n) is 12.6. The second kappa shape index (κ2) is 6.29. The van der Waals surface area contributed by atoms with Crippen molar-refractivity contribution in [3.63, 3.8) is 0 Å². The van der Waals surface area contributed by atoms with Gasteiger partial charge < -0.3 is 11.1 Å². The predicted molar refractivity (Wildman–Crippen MR) is 83.1 cm³/mol. The van der Waals surface area contributed by atoms with Crippen LogP contribution in [0.5, 0.6) is 0 Å². The Kier molecular flexibility index (Phi) is 4.69. The summed E-state index contributed by atoms with van der Waals surface area (Å²) in [4.78, 5) is 12.6. The molecule has 0 bridgehead atoms. The zero-order chi connectivity index (χ0) is 14.6. The SMILES string of the molecule is CC(C)CC1(C(=O)NCc2cccc(N)c2)CCCC1. The van der Waals surface area contributed by atoms with E-state index in [-0.39, 0.29) is 11.3 Å². The molecule has 0 heterocycles. The molecule has 2 rings (SSSR count). The van der Waals surface area contributed by atoms with Gasteiger partial charge in [0.2, 0.25) is 5.91 Å². The summed E-state index contributed by atoms with van der Waals surface area (Å²) in [7, 11) is 0. The number of nitrogens with one attached hydrogen (secondary N) is 1. The predicted octanol–water partition coefficient (Wildman–Crippen LogP) is 3.49. The Bertz CT molecular complexity index is 462. The van der Waals surface area contributed by atoms with Gasteiger partial charge in [-0.25, -0.2) is 0 Å². The van der Waals surface area contributed by atoms with E-state index >= 15 is 0 Å². The monoisotopic (exact) mass is 274 g/mol. The van der Waals surface area contributed by atoms with Gasteiger partial charge in [-0.2, -0.15) is 0 Å². The molecule has 1 aromatic carbocycles. The lowest BCUT2D eigenvalue weighted by Gasteiger charge is -2.29. The fourth-order valence-electron chi connectivity index (χ4n) is 3.43. The van der Waals surface area contributed by atoms with E-state index in [2.05, 4.69) is 19.2 Å². The first-order valence-electron chi connectivity index (χ1n) is 7.64. The minimum absolute atomic E-state index is 0.130. The van der Waals surface area contributed by atoms with E-state index in [9.17, 15) is 4.79 Å². The molecule has 3 heteroatoms. The van der Waals surface area contributed by atoms with Gasteiger partial charge in [0.15, 0.2) is 0 Å². The summed E-state index contributed by atoms with van der Waals surface area (Å²) >= 11 is 0. The Balaban J connectivity index is 1.99. The van der Waals surface area contributed by atoms with Crippen LogP contribution in [0.3, 0.4) is 0 Å². The molecule has 0 saturated heterocycles. The molecule has 0 unspecified atom stereocenters. The Labute approximate surface area is 121 Å². The standard InChI is InChI=1S/C17H26N2O/c1-13(2)11-17(8-3-4-9-17)16(20)19-12-14-6-5-7-15(18)10-14/h5-7,10,13H,3-4,8-9,11-12,18H2,1-2H3,(H,19,20). The highest BCUT2D eigenvalue weighted by Crippen LogP contribution is 2.43. The lowest BCUT2D eigenvalue weighted by Crippen LogP contribution is -2.39. The van der Waals surface area contributed by atoms with Crippen molar-refractivity contribution in [2.45, 2.75) is 52.5 Å². The minimum atomic E-state index is -0.130. The van der Waals surface area contributed by atoms with E-state index in [0.717, 1.165) is 30.5 Å². The lowest BCUT2D eigenvalue weighted by atomic mass is 9.77. The molecule has 20 heavy (non-hydrogen) atoms. The number of carbonyl (C=O) groups is 1. The summed E-state index contributed by atoms with van der Waals surface area (Å²) in [6.45, 7) is 4.97. The van der Waals surface area contributed by atoms with Crippen molar-refractivity contribution in [1.29, 1.82) is 0 Å². The molecular formula is C17H26N2O. The van der Waals surface area contributed by atoms with Gasteiger partial charge in [-0.3, -0.25) is 4.79 Å². The van der Waals surface area contributed by atoms with Crippen molar-refractivity contribution in [2.24, 2.45) is 11.3 Å². The number of hydrogen-bond donors (Lipinski definition) is 2. The fraction of sp³-hybridized carbons (Fsp3) is 0.588. The van der Waals surface area contributed by atoms with E-state index in [1.54, 1.807) is 0 Å². The average Bonchev–Trinajstić information content (AvgIpc) is 2.85. The average molecular weight is 274 g/mol. The first-order chi connectivity index (χ1) is 9.52. The molecule has 1 aromatic rings. The summed E-state index contributed by atoms with van der Waals surface area (Å²) < 4.78 is 0. The van der Waals surface area contributed by atoms with Crippen LogP contribution < -0.4 is 11.1 Å². The third-order valence-electron chi connectivity index (χ3n) is 4.25. The molecule has 3 N–H and O–H groups in total. The van der Waals surface area contributed by atoms with Crippen molar-refractivity contribution < 1.29 is 4.79 Å². The minimum Gasteiger partial charge on any atom is -0.399 e.